The Labute approximate surface area is 161 Å². The van der Waals surface area contributed by atoms with E-state index in [-0.39, 0.29) is 29.9 Å². The minimum absolute atomic E-state index is 0. The van der Waals surface area contributed by atoms with Gasteiger partial charge in [-0.2, -0.15) is 0 Å². The molecular formula is C18H27IN4O. The number of hydrogen-bond acceptors (Lipinski definition) is 2. The van der Waals surface area contributed by atoms with Gasteiger partial charge in [0.1, 0.15) is 0 Å². The van der Waals surface area contributed by atoms with Gasteiger partial charge in [-0.15, -0.1) is 24.0 Å². The van der Waals surface area contributed by atoms with E-state index >= 15 is 0 Å². The first-order chi connectivity index (χ1) is 11.2. The topological polar surface area (TPSA) is 70.7 Å². The van der Waals surface area contributed by atoms with E-state index in [0.717, 1.165) is 36.4 Å². The molecule has 1 aliphatic heterocycles. The fourth-order valence-electron chi connectivity index (χ4n) is 3.88. The Morgan fingerprint density at radius 1 is 1.21 bits per heavy atom. The van der Waals surface area contributed by atoms with Crippen LogP contribution in [0.1, 0.15) is 41.6 Å². The maximum atomic E-state index is 11.1. The first-order valence-electron chi connectivity index (χ1n) is 8.51. The number of guanidine groups is 1. The van der Waals surface area contributed by atoms with Crippen molar-refractivity contribution >= 4 is 35.8 Å². The van der Waals surface area contributed by atoms with Gasteiger partial charge in [-0.25, -0.2) is 0 Å². The van der Waals surface area contributed by atoms with Gasteiger partial charge < -0.3 is 16.0 Å². The molecule has 132 valence electrons. The SMILES string of the molecule is CN=C(NCc1ccc(C(N)=O)cc1)N1CC2CCCCC2C1.I. The van der Waals surface area contributed by atoms with Crippen molar-refractivity contribution in [3.8, 4) is 0 Å². The molecule has 2 unspecified atom stereocenters. The largest absolute Gasteiger partial charge is 0.366 e. The summed E-state index contributed by atoms with van der Waals surface area (Å²) < 4.78 is 0. The molecule has 24 heavy (non-hydrogen) atoms. The Kier molecular flexibility index (Phi) is 6.89. The van der Waals surface area contributed by atoms with Crippen molar-refractivity contribution in [3.05, 3.63) is 35.4 Å². The summed E-state index contributed by atoms with van der Waals surface area (Å²) in [6.07, 6.45) is 5.50. The molecule has 0 bridgehead atoms. The molecule has 1 aromatic rings. The lowest BCUT2D eigenvalue weighted by Gasteiger charge is -2.22. The van der Waals surface area contributed by atoms with Crippen molar-refractivity contribution in [3.63, 3.8) is 0 Å². The summed E-state index contributed by atoms with van der Waals surface area (Å²) in [6.45, 7) is 2.97. The highest BCUT2D eigenvalue weighted by molar-refractivity contribution is 14.0. The van der Waals surface area contributed by atoms with Crippen molar-refractivity contribution in [2.75, 3.05) is 20.1 Å². The zero-order valence-corrected chi connectivity index (χ0v) is 16.5. The normalized spacial score (nSPS) is 23.4. The monoisotopic (exact) mass is 442 g/mol. The summed E-state index contributed by atoms with van der Waals surface area (Å²) in [6, 6.07) is 7.41. The fourth-order valence-corrected chi connectivity index (χ4v) is 3.88. The van der Waals surface area contributed by atoms with Gasteiger partial charge in [-0.3, -0.25) is 9.79 Å². The highest BCUT2D eigenvalue weighted by Gasteiger charge is 2.35. The highest BCUT2D eigenvalue weighted by Crippen LogP contribution is 2.35. The molecule has 1 heterocycles. The Morgan fingerprint density at radius 2 is 1.79 bits per heavy atom. The lowest BCUT2D eigenvalue weighted by atomic mass is 9.82. The zero-order valence-electron chi connectivity index (χ0n) is 14.2. The predicted molar refractivity (Wildman–Crippen MR) is 108 cm³/mol. The van der Waals surface area contributed by atoms with Gasteiger partial charge in [-0.1, -0.05) is 25.0 Å². The molecule has 6 heteroatoms. The van der Waals surface area contributed by atoms with Crippen LogP contribution in [0.5, 0.6) is 0 Å². The molecule has 1 saturated heterocycles. The molecule has 1 saturated carbocycles. The Hall–Kier alpha value is -1.31. The maximum Gasteiger partial charge on any atom is 0.248 e. The number of rotatable bonds is 3. The second kappa shape index (κ2) is 8.69. The number of halogens is 1. The van der Waals surface area contributed by atoms with Gasteiger partial charge >= 0.3 is 0 Å². The van der Waals surface area contributed by atoms with E-state index in [2.05, 4.69) is 15.2 Å². The zero-order chi connectivity index (χ0) is 16.2. The molecular weight excluding hydrogens is 415 g/mol. The van der Waals surface area contributed by atoms with Crippen LogP contribution >= 0.6 is 24.0 Å². The molecule has 2 aliphatic rings. The molecule has 1 aromatic carbocycles. The minimum Gasteiger partial charge on any atom is -0.366 e. The number of nitrogens with two attached hydrogens (primary N) is 1. The van der Waals surface area contributed by atoms with Crippen LogP contribution in [-0.4, -0.2) is 36.9 Å². The number of carbonyl (C=O) groups is 1. The number of primary amides is 1. The van der Waals surface area contributed by atoms with Gasteiger partial charge in [0.2, 0.25) is 5.91 Å². The maximum absolute atomic E-state index is 11.1. The molecule has 0 spiro atoms. The van der Waals surface area contributed by atoms with Crippen molar-refractivity contribution in [2.45, 2.75) is 32.2 Å². The number of aliphatic imine (C=N–C) groups is 1. The van der Waals surface area contributed by atoms with Crippen LogP contribution in [0.15, 0.2) is 29.3 Å². The van der Waals surface area contributed by atoms with Crippen molar-refractivity contribution in [2.24, 2.45) is 22.6 Å². The number of amides is 1. The average Bonchev–Trinajstić information content (AvgIpc) is 2.99. The minimum atomic E-state index is -0.389. The molecule has 2 atom stereocenters. The third-order valence-electron chi connectivity index (χ3n) is 5.18. The number of benzene rings is 1. The summed E-state index contributed by atoms with van der Waals surface area (Å²) in [5.41, 5.74) is 6.93. The molecule has 0 radical (unpaired) electrons. The van der Waals surface area contributed by atoms with Crippen LogP contribution < -0.4 is 11.1 Å². The first-order valence-corrected chi connectivity index (χ1v) is 8.51. The summed E-state index contributed by atoms with van der Waals surface area (Å²) >= 11 is 0. The van der Waals surface area contributed by atoms with E-state index < -0.39 is 0 Å². The predicted octanol–water partition coefficient (Wildman–Crippen LogP) is 2.60. The molecule has 0 aromatic heterocycles. The van der Waals surface area contributed by atoms with Crippen LogP contribution in [0.3, 0.4) is 0 Å². The number of likely N-dealkylation sites (tertiary alicyclic amines) is 1. The smallest absolute Gasteiger partial charge is 0.248 e. The van der Waals surface area contributed by atoms with E-state index in [1.165, 1.54) is 25.7 Å². The summed E-state index contributed by atoms with van der Waals surface area (Å²) in [4.78, 5) is 18.0. The second-order valence-electron chi connectivity index (χ2n) is 6.67. The van der Waals surface area contributed by atoms with Gasteiger partial charge in [0, 0.05) is 32.2 Å². The highest BCUT2D eigenvalue weighted by atomic mass is 127. The number of hydrogen-bond donors (Lipinski definition) is 2. The number of fused-ring (bicyclic) bond motifs is 1. The van der Waals surface area contributed by atoms with E-state index in [0.29, 0.717) is 12.1 Å². The quantitative estimate of drug-likeness (QED) is 0.430. The molecule has 3 rings (SSSR count). The van der Waals surface area contributed by atoms with Crippen molar-refractivity contribution < 1.29 is 4.79 Å². The van der Waals surface area contributed by atoms with Crippen LogP contribution in [0.2, 0.25) is 0 Å². The van der Waals surface area contributed by atoms with Gasteiger partial charge in [-0.05, 0) is 42.4 Å². The number of carbonyl (C=O) groups excluding carboxylic acids is 1. The van der Waals surface area contributed by atoms with E-state index in [4.69, 9.17) is 5.73 Å². The molecule has 2 fully saturated rings. The van der Waals surface area contributed by atoms with E-state index in [1.54, 1.807) is 12.1 Å². The Balaban J connectivity index is 0.00000208. The van der Waals surface area contributed by atoms with E-state index in [1.807, 2.05) is 19.2 Å². The molecule has 5 nitrogen and oxygen atoms in total. The molecule has 1 amide bonds. The Bertz CT molecular complexity index is 573. The van der Waals surface area contributed by atoms with E-state index in [9.17, 15) is 4.79 Å². The van der Waals surface area contributed by atoms with Crippen LogP contribution in [0, 0.1) is 11.8 Å². The molecule has 3 N–H and O–H groups in total. The first kappa shape index (κ1) is 19.0. The average molecular weight is 442 g/mol. The van der Waals surface area contributed by atoms with Gasteiger partial charge in [0.25, 0.3) is 0 Å². The second-order valence-corrected chi connectivity index (χ2v) is 6.67. The Morgan fingerprint density at radius 3 is 2.29 bits per heavy atom. The third kappa shape index (κ3) is 4.40. The van der Waals surface area contributed by atoms with Gasteiger partial charge in [0.05, 0.1) is 0 Å². The van der Waals surface area contributed by atoms with Crippen LogP contribution in [-0.2, 0) is 6.54 Å². The standard InChI is InChI=1S/C18H26N4O.HI/c1-20-18(22-11-15-4-2-3-5-16(15)12-22)21-10-13-6-8-14(9-7-13)17(19)23;/h6-9,15-16H,2-5,10-12H2,1H3,(H2,19,23)(H,20,21);1H. The number of nitrogens with zero attached hydrogens (tertiary/aromatic N) is 2. The van der Waals surface area contributed by atoms with Crippen LogP contribution in [0.25, 0.3) is 0 Å². The summed E-state index contributed by atoms with van der Waals surface area (Å²) in [5.74, 6) is 2.28. The lowest BCUT2D eigenvalue weighted by molar-refractivity contribution is 0.100. The van der Waals surface area contributed by atoms with Crippen molar-refractivity contribution in [1.82, 2.24) is 10.2 Å². The van der Waals surface area contributed by atoms with Crippen molar-refractivity contribution in [1.29, 1.82) is 0 Å². The summed E-state index contributed by atoms with van der Waals surface area (Å²) in [5, 5.41) is 3.45. The molecule has 1 aliphatic carbocycles. The van der Waals surface area contributed by atoms with Crippen LogP contribution in [0.4, 0.5) is 0 Å². The fraction of sp³-hybridized carbons (Fsp3) is 0.556. The van der Waals surface area contributed by atoms with Gasteiger partial charge in [0.15, 0.2) is 5.96 Å². The lowest BCUT2D eigenvalue weighted by Crippen LogP contribution is -2.39. The summed E-state index contributed by atoms with van der Waals surface area (Å²) in [7, 11) is 1.85. The number of nitrogens with one attached hydrogen (secondary N) is 1. The third-order valence-corrected chi connectivity index (χ3v) is 5.18.